The predicted octanol–water partition coefficient (Wildman–Crippen LogP) is 20.1. The summed E-state index contributed by atoms with van der Waals surface area (Å²) in [6.07, 6.45) is 0. The summed E-state index contributed by atoms with van der Waals surface area (Å²) in [6, 6.07) is 104. The first-order valence-electron chi connectivity index (χ1n) is 24.5. The van der Waals surface area contributed by atoms with Crippen molar-refractivity contribution >= 4 is 104 Å². The van der Waals surface area contributed by atoms with E-state index in [1.54, 1.807) is 0 Å². The maximum Gasteiger partial charge on any atom is 0.0540 e. The summed E-state index contributed by atoms with van der Waals surface area (Å²) >= 11 is 1.86. The Labute approximate surface area is 424 Å². The molecule has 1 heterocycles. The molecule has 12 aromatic carbocycles. The van der Waals surface area contributed by atoms with E-state index in [1.165, 1.54) is 64.0 Å². The van der Waals surface area contributed by atoms with Crippen molar-refractivity contribution < 1.29 is 0 Å². The van der Waals surface area contributed by atoms with E-state index in [2.05, 4.69) is 300 Å². The van der Waals surface area contributed by atoms with Crippen molar-refractivity contribution in [2.24, 2.45) is 0 Å². The molecule has 0 aliphatic carbocycles. The first kappa shape index (κ1) is 42.8. The maximum atomic E-state index is 2.42. The molecule has 13 aromatic rings. The molecule has 0 saturated heterocycles. The van der Waals surface area contributed by atoms with Crippen molar-refractivity contribution in [3.63, 3.8) is 0 Å². The van der Waals surface area contributed by atoms with Gasteiger partial charge in [-0.3, -0.25) is 0 Å². The summed E-state index contributed by atoms with van der Waals surface area (Å²) in [5.74, 6) is 0. The molecule has 0 N–H and O–H groups in total. The maximum absolute atomic E-state index is 2.42. The van der Waals surface area contributed by atoms with Crippen LogP contribution in [0.5, 0.6) is 0 Å². The number of nitrogens with zero attached hydrogens (tertiary/aromatic N) is 3. The van der Waals surface area contributed by atoms with E-state index >= 15 is 0 Å². The highest BCUT2D eigenvalue weighted by molar-refractivity contribution is 7.25. The molecule has 1 aromatic heterocycles. The Hall–Kier alpha value is -9.22. The fraction of sp³-hybridized carbons (Fsp3) is 0. The third-order valence-corrected chi connectivity index (χ3v) is 14.9. The van der Waals surface area contributed by atoms with E-state index in [-0.39, 0.29) is 0 Å². The summed E-state index contributed by atoms with van der Waals surface area (Å²) in [7, 11) is 0. The van der Waals surface area contributed by atoms with Crippen LogP contribution in [0.15, 0.2) is 285 Å². The number of hydrogen-bond donors (Lipinski definition) is 0. The molecular formula is C68H47N3S. The summed E-state index contributed by atoms with van der Waals surface area (Å²) < 4.78 is 2.59. The molecule has 0 aliphatic rings. The Morgan fingerprint density at radius 3 is 1.03 bits per heavy atom. The van der Waals surface area contributed by atoms with Gasteiger partial charge in [-0.25, -0.2) is 0 Å². The number of rotatable bonds is 11. The number of benzene rings is 12. The van der Waals surface area contributed by atoms with Gasteiger partial charge < -0.3 is 14.7 Å². The van der Waals surface area contributed by atoms with Crippen LogP contribution in [-0.2, 0) is 0 Å². The summed E-state index contributed by atoms with van der Waals surface area (Å²) in [6.45, 7) is 0. The van der Waals surface area contributed by atoms with Crippen LogP contribution in [-0.4, -0.2) is 0 Å². The average Bonchev–Trinajstić information content (AvgIpc) is 3.82. The van der Waals surface area contributed by atoms with E-state index in [9.17, 15) is 0 Å². The second-order valence-electron chi connectivity index (χ2n) is 18.2. The molecule has 0 amide bonds. The molecule has 3 nitrogen and oxygen atoms in total. The average molecular weight is 938 g/mol. The lowest BCUT2D eigenvalue weighted by atomic mass is 10.00. The first-order valence-corrected chi connectivity index (χ1v) is 25.3. The summed E-state index contributed by atoms with van der Waals surface area (Å²) in [5, 5.41) is 7.29. The van der Waals surface area contributed by atoms with Gasteiger partial charge in [-0.05, 0) is 136 Å². The third-order valence-electron chi connectivity index (χ3n) is 13.8. The van der Waals surface area contributed by atoms with Gasteiger partial charge >= 0.3 is 0 Å². The van der Waals surface area contributed by atoms with Crippen molar-refractivity contribution in [1.29, 1.82) is 0 Å². The molecule has 0 saturated carbocycles. The van der Waals surface area contributed by atoms with Crippen molar-refractivity contribution in [2.45, 2.75) is 0 Å². The lowest BCUT2D eigenvalue weighted by Crippen LogP contribution is -2.16. The zero-order valence-corrected chi connectivity index (χ0v) is 40.2. The van der Waals surface area contributed by atoms with Gasteiger partial charge in [0.2, 0.25) is 0 Å². The second kappa shape index (κ2) is 18.6. The molecule has 340 valence electrons. The number of fused-ring (bicyclic) bond motifs is 5. The number of thiophene rings is 1. The zero-order valence-electron chi connectivity index (χ0n) is 39.4. The highest BCUT2D eigenvalue weighted by Gasteiger charge is 2.24. The minimum Gasteiger partial charge on any atom is -0.310 e. The van der Waals surface area contributed by atoms with Crippen LogP contribution in [0, 0.1) is 0 Å². The van der Waals surface area contributed by atoms with E-state index in [4.69, 9.17) is 0 Å². The third kappa shape index (κ3) is 8.00. The second-order valence-corrected chi connectivity index (χ2v) is 19.2. The van der Waals surface area contributed by atoms with Crippen molar-refractivity contribution in [1.82, 2.24) is 0 Å². The summed E-state index contributed by atoms with van der Waals surface area (Å²) in [5.41, 5.74) is 14.3. The van der Waals surface area contributed by atoms with Crippen LogP contribution >= 0.6 is 11.3 Å². The van der Waals surface area contributed by atoms with Crippen LogP contribution in [0.4, 0.5) is 51.2 Å². The minimum atomic E-state index is 1.02. The van der Waals surface area contributed by atoms with Gasteiger partial charge in [0.15, 0.2) is 0 Å². The van der Waals surface area contributed by atoms with Gasteiger partial charge in [0.25, 0.3) is 0 Å². The van der Waals surface area contributed by atoms with Gasteiger partial charge in [-0.2, -0.15) is 0 Å². The Kier molecular flexibility index (Phi) is 11.1. The molecule has 0 bridgehead atoms. The van der Waals surface area contributed by atoms with Crippen LogP contribution in [0.25, 0.3) is 64.0 Å². The smallest absolute Gasteiger partial charge is 0.0540 e. The Morgan fingerprint density at radius 2 is 0.556 bits per heavy atom. The van der Waals surface area contributed by atoms with Gasteiger partial charge in [-0.15, -0.1) is 11.3 Å². The molecule has 0 radical (unpaired) electrons. The van der Waals surface area contributed by atoms with E-state index < -0.39 is 0 Å². The highest BCUT2D eigenvalue weighted by Crippen LogP contribution is 2.48. The number of para-hydroxylation sites is 3. The molecule has 13 rings (SSSR count). The van der Waals surface area contributed by atoms with Crippen molar-refractivity contribution in [2.75, 3.05) is 14.7 Å². The van der Waals surface area contributed by atoms with Crippen LogP contribution in [0.1, 0.15) is 0 Å². The number of anilines is 9. The largest absolute Gasteiger partial charge is 0.310 e. The van der Waals surface area contributed by atoms with Gasteiger partial charge in [0.1, 0.15) is 0 Å². The first-order chi connectivity index (χ1) is 35.7. The quantitative estimate of drug-likeness (QED) is 0.128. The Balaban J connectivity index is 1.01. The fourth-order valence-electron chi connectivity index (χ4n) is 10.4. The monoisotopic (exact) mass is 937 g/mol. The highest BCUT2D eigenvalue weighted by atomic mass is 32.1. The molecule has 0 spiro atoms. The Morgan fingerprint density at radius 1 is 0.208 bits per heavy atom. The van der Waals surface area contributed by atoms with Crippen LogP contribution in [0.2, 0.25) is 0 Å². The SMILES string of the molecule is c1ccc(-c2ccc3sc4ccc(-c5ccc(N(c6ccccc6)c6cc(N(c7ccccc7)c7cccc8ccccc78)cc(N(c7ccccc7)c7cccc8ccccc78)c6)cc5)cc4c3c2)cc1. The molecule has 4 heteroatoms. The van der Waals surface area contributed by atoms with Crippen molar-refractivity contribution in [3.05, 3.63) is 285 Å². The normalized spacial score (nSPS) is 11.3. The standard InChI is InChI=1S/C68H47N3S/c1-5-19-48(20-6-1)52-37-41-67-63(43-52)64-44-53(38-42-68(64)72-67)49-35-39-57(40-36-49)69(54-25-7-2-8-26-54)58-45-59(70(55-27-9-3-10-28-55)65-33-17-23-50-21-13-15-31-61(50)65)47-60(46-58)71(56-29-11-4-12-30-56)66-34-18-24-51-22-14-16-32-62(51)66/h1-47H. The molecule has 0 unspecified atom stereocenters. The van der Waals surface area contributed by atoms with Crippen LogP contribution < -0.4 is 14.7 Å². The van der Waals surface area contributed by atoms with Crippen molar-refractivity contribution in [3.8, 4) is 22.3 Å². The van der Waals surface area contributed by atoms with E-state index in [0.717, 1.165) is 51.2 Å². The van der Waals surface area contributed by atoms with E-state index in [0.29, 0.717) is 0 Å². The van der Waals surface area contributed by atoms with Gasteiger partial charge in [0.05, 0.1) is 28.4 Å². The van der Waals surface area contributed by atoms with Gasteiger partial charge in [0, 0.05) is 53.7 Å². The fourth-order valence-corrected chi connectivity index (χ4v) is 11.4. The predicted molar refractivity (Wildman–Crippen MR) is 309 cm³/mol. The molecule has 0 fully saturated rings. The number of hydrogen-bond acceptors (Lipinski definition) is 4. The summed E-state index contributed by atoms with van der Waals surface area (Å²) in [4.78, 5) is 7.23. The molecule has 0 aliphatic heterocycles. The molecule has 72 heavy (non-hydrogen) atoms. The lowest BCUT2D eigenvalue weighted by molar-refractivity contribution is 1.23. The lowest BCUT2D eigenvalue weighted by Gasteiger charge is -2.33. The minimum absolute atomic E-state index is 1.02. The molecular weight excluding hydrogens is 891 g/mol. The zero-order chi connectivity index (χ0) is 47.8. The molecule has 0 atom stereocenters. The van der Waals surface area contributed by atoms with Gasteiger partial charge in [-0.1, -0.05) is 182 Å². The topological polar surface area (TPSA) is 9.72 Å². The van der Waals surface area contributed by atoms with E-state index in [1.807, 2.05) is 11.3 Å². The Bertz CT molecular complexity index is 3890. The van der Waals surface area contributed by atoms with Crippen LogP contribution in [0.3, 0.4) is 0 Å².